The molecule has 0 radical (unpaired) electrons. The van der Waals surface area contributed by atoms with Gasteiger partial charge in [-0.1, -0.05) is 23.2 Å². The Morgan fingerprint density at radius 2 is 1.77 bits per heavy atom. The van der Waals surface area contributed by atoms with Gasteiger partial charge in [0.2, 0.25) is 0 Å². The lowest BCUT2D eigenvalue weighted by Crippen LogP contribution is -2.39. The predicted molar refractivity (Wildman–Crippen MR) is 138 cm³/mol. The van der Waals surface area contributed by atoms with E-state index in [0.717, 1.165) is 42.5 Å². The molecule has 2 aliphatic rings. The zero-order chi connectivity index (χ0) is 24.9. The Morgan fingerprint density at radius 1 is 1.06 bits per heavy atom. The van der Waals surface area contributed by atoms with Gasteiger partial charge < -0.3 is 14.3 Å². The quantitative estimate of drug-likeness (QED) is 0.358. The van der Waals surface area contributed by atoms with Crippen molar-refractivity contribution in [2.24, 2.45) is 13.0 Å². The maximum atomic E-state index is 14.9. The van der Waals surface area contributed by atoms with Gasteiger partial charge in [0.1, 0.15) is 11.6 Å². The summed E-state index contributed by atoms with van der Waals surface area (Å²) in [5.74, 6) is 0.663. The van der Waals surface area contributed by atoms with E-state index in [9.17, 15) is 14.0 Å². The highest BCUT2D eigenvalue weighted by Crippen LogP contribution is 2.42. The third-order valence-corrected chi connectivity index (χ3v) is 8.32. The number of hydrogen-bond acceptors (Lipinski definition) is 2. The molecule has 5 rings (SSSR count). The fourth-order valence-corrected chi connectivity index (χ4v) is 5.89. The molecule has 4 nitrogen and oxygen atoms in total. The van der Waals surface area contributed by atoms with Gasteiger partial charge in [0, 0.05) is 49.1 Å². The van der Waals surface area contributed by atoms with E-state index in [0.29, 0.717) is 64.3 Å². The SMILES string of the molecule is CC(=O)CC1CCN(C(=O)c2ccc(Cl)c(Cc3cc4c(F)cc(C5CC5)cc4n3C)c2Cl)CC1. The summed E-state index contributed by atoms with van der Waals surface area (Å²) in [6.07, 6.45) is 4.82. The molecule has 0 spiro atoms. The second kappa shape index (κ2) is 9.59. The van der Waals surface area contributed by atoms with Gasteiger partial charge in [-0.15, -0.1) is 0 Å². The van der Waals surface area contributed by atoms with Gasteiger partial charge in [-0.25, -0.2) is 4.39 Å². The van der Waals surface area contributed by atoms with Crippen LogP contribution in [-0.2, 0) is 18.3 Å². The van der Waals surface area contributed by atoms with Crippen LogP contribution in [0.5, 0.6) is 0 Å². The number of ketones is 1. The number of carbonyl (C=O) groups is 2. The Kier molecular flexibility index (Phi) is 6.67. The van der Waals surface area contributed by atoms with E-state index in [2.05, 4.69) is 6.07 Å². The van der Waals surface area contributed by atoms with Crippen LogP contribution in [0.4, 0.5) is 4.39 Å². The van der Waals surface area contributed by atoms with Crippen molar-refractivity contribution in [3.8, 4) is 0 Å². The maximum Gasteiger partial charge on any atom is 0.255 e. The molecule has 2 aromatic carbocycles. The van der Waals surface area contributed by atoms with Crippen LogP contribution in [0.25, 0.3) is 10.9 Å². The van der Waals surface area contributed by atoms with Crippen molar-refractivity contribution in [1.29, 1.82) is 0 Å². The Hall–Kier alpha value is -2.37. The molecule has 1 saturated carbocycles. The number of likely N-dealkylation sites (tertiary alicyclic amines) is 1. The topological polar surface area (TPSA) is 42.3 Å². The number of fused-ring (bicyclic) bond motifs is 1. The number of piperidine rings is 1. The zero-order valence-electron chi connectivity index (χ0n) is 20.0. The van der Waals surface area contributed by atoms with Crippen molar-refractivity contribution in [2.45, 2.75) is 51.4 Å². The fourth-order valence-electron chi connectivity index (χ4n) is 5.31. The van der Waals surface area contributed by atoms with Crippen LogP contribution < -0.4 is 0 Å². The van der Waals surface area contributed by atoms with Gasteiger partial charge >= 0.3 is 0 Å². The molecule has 2 heterocycles. The molecule has 184 valence electrons. The van der Waals surface area contributed by atoms with Gasteiger partial charge in [-0.3, -0.25) is 4.79 Å². The lowest BCUT2D eigenvalue weighted by molar-refractivity contribution is -0.118. The summed E-state index contributed by atoms with van der Waals surface area (Å²) < 4.78 is 16.9. The summed E-state index contributed by atoms with van der Waals surface area (Å²) in [6.45, 7) is 2.83. The van der Waals surface area contributed by atoms with Crippen molar-refractivity contribution in [1.82, 2.24) is 9.47 Å². The molecule has 0 N–H and O–H groups in total. The minimum absolute atomic E-state index is 0.119. The molecule has 3 aromatic rings. The highest BCUT2D eigenvalue weighted by molar-refractivity contribution is 6.38. The van der Waals surface area contributed by atoms with Crippen LogP contribution in [0.2, 0.25) is 10.0 Å². The molecule has 0 atom stereocenters. The normalized spacial score (nSPS) is 16.8. The van der Waals surface area contributed by atoms with Gasteiger partial charge in [0.15, 0.2) is 0 Å². The van der Waals surface area contributed by atoms with Gasteiger partial charge in [0.25, 0.3) is 5.91 Å². The van der Waals surface area contributed by atoms with Crippen molar-refractivity contribution >= 4 is 45.8 Å². The summed E-state index contributed by atoms with van der Waals surface area (Å²) >= 11 is 13.3. The number of hydrogen-bond donors (Lipinski definition) is 0. The second-order valence-electron chi connectivity index (χ2n) is 10.1. The van der Waals surface area contributed by atoms with Crippen LogP contribution in [-0.4, -0.2) is 34.2 Å². The van der Waals surface area contributed by atoms with Crippen LogP contribution >= 0.6 is 23.2 Å². The van der Waals surface area contributed by atoms with E-state index < -0.39 is 0 Å². The standard InChI is InChI=1S/C28H29Cl2FN2O2/c1-16(34)11-17-7-9-33(10-8-17)28(35)21-5-6-24(29)22(27(21)30)14-20-15-23-25(31)12-19(18-3-4-18)13-26(23)32(20)2/h5-6,12-13,15,17-18H,3-4,7-11,14H2,1-2H3. The Morgan fingerprint density at radius 3 is 2.43 bits per heavy atom. The Balaban J connectivity index is 1.40. The van der Waals surface area contributed by atoms with Crippen molar-refractivity contribution in [3.05, 3.63) is 68.6 Å². The number of nitrogens with zero attached hydrogens (tertiary/aromatic N) is 2. The van der Waals surface area contributed by atoms with Gasteiger partial charge in [-0.05, 0) is 85.9 Å². The third kappa shape index (κ3) is 4.85. The molecular weight excluding hydrogens is 486 g/mol. The molecule has 35 heavy (non-hydrogen) atoms. The molecule has 0 bridgehead atoms. The zero-order valence-corrected chi connectivity index (χ0v) is 21.6. The minimum Gasteiger partial charge on any atom is -0.347 e. The summed E-state index contributed by atoms with van der Waals surface area (Å²) in [4.78, 5) is 26.5. The second-order valence-corrected chi connectivity index (χ2v) is 10.9. The lowest BCUT2D eigenvalue weighted by atomic mass is 9.91. The molecule has 1 amide bonds. The molecular formula is C28H29Cl2FN2O2. The van der Waals surface area contributed by atoms with E-state index in [1.54, 1.807) is 30.0 Å². The molecule has 1 aromatic heterocycles. The van der Waals surface area contributed by atoms with E-state index in [1.807, 2.05) is 17.7 Å². The first-order chi connectivity index (χ1) is 16.7. The number of Topliss-reactive ketones (excluding diaryl/α,β-unsaturated/α-hetero) is 1. The Bertz CT molecular complexity index is 1320. The van der Waals surface area contributed by atoms with Crippen LogP contribution in [0.15, 0.2) is 30.3 Å². The van der Waals surface area contributed by atoms with E-state index in [1.165, 1.54) is 0 Å². The van der Waals surface area contributed by atoms with Gasteiger partial charge in [0.05, 0.1) is 16.1 Å². The van der Waals surface area contributed by atoms with E-state index >= 15 is 0 Å². The first-order valence-corrected chi connectivity index (χ1v) is 13.0. The third-order valence-electron chi connectivity index (χ3n) is 7.53. The summed E-state index contributed by atoms with van der Waals surface area (Å²) in [7, 11) is 1.93. The summed E-state index contributed by atoms with van der Waals surface area (Å²) in [5.41, 5.74) is 3.88. The van der Waals surface area contributed by atoms with Crippen molar-refractivity contribution < 1.29 is 14.0 Å². The number of rotatable bonds is 6. The average Bonchev–Trinajstić information content (AvgIpc) is 3.62. The fraction of sp³-hybridized carbons (Fsp3) is 0.429. The summed E-state index contributed by atoms with van der Waals surface area (Å²) in [6, 6.07) is 8.98. The molecule has 7 heteroatoms. The summed E-state index contributed by atoms with van der Waals surface area (Å²) in [5, 5.41) is 1.41. The maximum absolute atomic E-state index is 14.9. The number of aryl methyl sites for hydroxylation is 1. The number of halogens is 3. The number of carbonyl (C=O) groups excluding carboxylic acids is 2. The number of amides is 1. The molecule has 1 saturated heterocycles. The van der Waals surface area contributed by atoms with E-state index in [-0.39, 0.29) is 17.5 Å². The minimum atomic E-state index is -0.208. The average molecular weight is 515 g/mol. The first-order valence-electron chi connectivity index (χ1n) is 12.3. The first kappa shape index (κ1) is 24.3. The monoisotopic (exact) mass is 514 g/mol. The molecule has 1 aliphatic heterocycles. The van der Waals surface area contributed by atoms with Crippen molar-refractivity contribution in [3.63, 3.8) is 0 Å². The number of aromatic nitrogens is 1. The smallest absolute Gasteiger partial charge is 0.255 e. The largest absolute Gasteiger partial charge is 0.347 e. The Labute approximate surface area is 215 Å². The molecule has 0 unspecified atom stereocenters. The molecule has 1 aliphatic carbocycles. The van der Waals surface area contributed by atoms with Crippen molar-refractivity contribution in [2.75, 3.05) is 13.1 Å². The predicted octanol–water partition coefficient (Wildman–Crippen LogP) is 6.92. The lowest BCUT2D eigenvalue weighted by Gasteiger charge is -2.32. The van der Waals surface area contributed by atoms with E-state index in [4.69, 9.17) is 23.2 Å². The van der Waals surface area contributed by atoms with Crippen LogP contribution in [0.3, 0.4) is 0 Å². The number of benzene rings is 2. The van der Waals surface area contributed by atoms with Gasteiger partial charge in [-0.2, -0.15) is 0 Å². The molecule has 2 fully saturated rings. The van der Waals surface area contributed by atoms with Crippen LogP contribution in [0.1, 0.15) is 72.1 Å². The van der Waals surface area contributed by atoms with Crippen LogP contribution in [0, 0.1) is 11.7 Å². The highest BCUT2D eigenvalue weighted by atomic mass is 35.5. The highest BCUT2D eigenvalue weighted by Gasteiger charge is 2.28.